The van der Waals surface area contributed by atoms with E-state index in [0.717, 1.165) is 0 Å². The molecule has 0 aliphatic heterocycles. The molecule has 0 radical (unpaired) electrons. The van der Waals surface area contributed by atoms with Gasteiger partial charge in [0.15, 0.2) is 0 Å². The van der Waals surface area contributed by atoms with Crippen LogP contribution in [0.15, 0.2) is 11.1 Å². The summed E-state index contributed by atoms with van der Waals surface area (Å²) in [4.78, 5) is 0. The Labute approximate surface area is 57.3 Å². The first-order chi connectivity index (χ1) is 4.79. The molecule has 4 heteroatoms. The second kappa shape index (κ2) is 3.83. The zero-order valence-corrected chi connectivity index (χ0v) is 4.79. The standard InChI is InChI=1S/C6N4/c7-1-5(2-8)6(3-9)4-10/q-2. The highest BCUT2D eigenvalue weighted by Crippen LogP contribution is 1.97. The lowest BCUT2D eigenvalue weighted by molar-refractivity contribution is 1.47. The van der Waals surface area contributed by atoms with Gasteiger partial charge >= 0.3 is 0 Å². The van der Waals surface area contributed by atoms with E-state index in [1.165, 1.54) is 23.9 Å². The van der Waals surface area contributed by atoms with Crippen LogP contribution in [0, 0.1) is 22.7 Å². The Balaban J connectivity index is 5.09. The smallest absolute Gasteiger partial charge is 0.108 e. The van der Waals surface area contributed by atoms with E-state index in [4.69, 9.17) is 21.3 Å². The van der Waals surface area contributed by atoms with Gasteiger partial charge in [0.1, 0.15) is 12.1 Å². The lowest BCUT2D eigenvalue weighted by Gasteiger charge is -1.88. The lowest BCUT2D eigenvalue weighted by atomic mass is 10.2. The molecule has 0 atom stereocenters. The minimum Gasteiger partial charge on any atom is -0.762 e. The van der Waals surface area contributed by atoms with Gasteiger partial charge in [-0.1, -0.05) is 0 Å². The van der Waals surface area contributed by atoms with Gasteiger partial charge in [0.25, 0.3) is 0 Å². The summed E-state index contributed by atoms with van der Waals surface area (Å²) in [6.07, 6.45) is 0. The summed E-state index contributed by atoms with van der Waals surface area (Å²) in [6, 6.07) is 2.85. The van der Waals surface area contributed by atoms with Crippen LogP contribution in [0.4, 0.5) is 0 Å². The van der Waals surface area contributed by atoms with Gasteiger partial charge in [-0.15, -0.1) is 0 Å². The molecule has 10 heavy (non-hydrogen) atoms. The van der Waals surface area contributed by atoms with Crippen LogP contribution in [0.25, 0.3) is 10.8 Å². The maximum Gasteiger partial charge on any atom is 0.108 e. The molecule has 0 bridgehead atoms. The zero-order valence-electron chi connectivity index (χ0n) is 4.79. The Kier molecular flexibility index (Phi) is 3.02. The normalized spacial score (nSPS) is 5.80. The van der Waals surface area contributed by atoms with Gasteiger partial charge in [0, 0.05) is 0 Å². The predicted molar refractivity (Wildman–Crippen MR) is 35.0 cm³/mol. The quantitative estimate of drug-likeness (QED) is 0.289. The molecule has 0 saturated carbocycles. The first kappa shape index (κ1) is 7.88. The van der Waals surface area contributed by atoms with Gasteiger partial charge in [-0.05, 0) is 0 Å². The highest BCUT2D eigenvalue weighted by Gasteiger charge is 1.94. The van der Waals surface area contributed by atoms with Crippen LogP contribution in [0.5, 0.6) is 0 Å². The number of hydrogen-bond donors (Lipinski definition) is 0. The summed E-state index contributed by atoms with van der Waals surface area (Å²) in [6.45, 7) is 0. The number of rotatable bonds is 1. The second-order valence-electron chi connectivity index (χ2n) is 1.20. The van der Waals surface area contributed by atoms with Crippen LogP contribution in [-0.2, 0) is 0 Å². The van der Waals surface area contributed by atoms with Crippen molar-refractivity contribution in [1.82, 2.24) is 0 Å². The average molecular weight is 128 g/mol. The average Bonchev–Trinajstić information content (AvgIpc) is 2.00. The molecule has 0 aliphatic rings. The fourth-order valence-electron chi connectivity index (χ4n) is 0.274. The van der Waals surface area contributed by atoms with Gasteiger partial charge in [-0.3, -0.25) is 0 Å². The van der Waals surface area contributed by atoms with Gasteiger partial charge in [-0.25, -0.2) is 11.7 Å². The van der Waals surface area contributed by atoms with Gasteiger partial charge in [0.2, 0.25) is 0 Å². The van der Waals surface area contributed by atoms with Gasteiger partial charge < -0.3 is 10.8 Å². The molecule has 0 aromatic rings. The van der Waals surface area contributed by atoms with Gasteiger partial charge in [0.05, 0.1) is 11.1 Å². The number of allylic oxidation sites excluding steroid dienone is 2. The second-order valence-corrected chi connectivity index (χ2v) is 1.20. The Morgan fingerprint density at radius 2 is 1.20 bits per heavy atom. The molecular weight excluding hydrogens is 128 g/mol. The van der Waals surface area contributed by atoms with Crippen molar-refractivity contribution in [1.29, 1.82) is 10.5 Å². The molecule has 0 spiro atoms. The Bertz CT molecular complexity index is 279. The van der Waals surface area contributed by atoms with Crippen LogP contribution in [0.1, 0.15) is 0 Å². The van der Waals surface area contributed by atoms with E-state index < -0.39 is 11.1 Å². The molecule has 0 aromatic heterocycles. The van der Waals surface area contributed by atoms with Crippen molar-refractivity contribution >= 4 is 11.7 Å². The van der Waals surface area contributed by atoms with E-state index in [1.54, 1.807) is 0 Å². The maximum absolute atomic E-state index is 8.13. The van der Waals surface area contributed by atoms with Crippen LogP contribution < -0.4 is 0 Å². The first-order valence-electron chi connectivity index (χ1n) is 2.14. The number of nitrogens with zero attached hydrogens (tertiary/aromatic N) is 4. The summed E-state index contributed by atoms with van der Waals surface area (Å²) in [7, 11) is 0. The third-order valence-electron chi connectivity index (χ3n) is 0.697. The molecule has 0 rings (SSSR count). The summed E-state index contributed by atoms with van der Waals surface area (Å²) < 4.78 is 0. The Morgan fingerprint density at radius 3 is 1.30 bits per heavy atom. The summed E-state index contributed by atoms with van der Waals surface area (Å²) in [5.74, 6) is 2.85. The minimum absolute atomic E-state index is 0.440. The SMILES string of the molecule is N#CC(=C=[N-])C(=C=[N-])C#N. The minimum atomic E-state index is -0.440. The summed E-state index contributed by atoms with van der Waals surface area (Å²) in [5, 5.41) is 32.5. The molecule has 0 fully saturated rings. The molecular formula is C6N4-2. The van der Waals surface area contributed by atoms with Crippen molar-refractivity contribution in [3.63, 3.8) is 0 Å². The highest BCUT2D eigenvalue weighted by atomic mass is 14.4. The van der Waals surface area contributed by atoms with E-state index in [1.807, 2.05) is 0 Å². The monoisotopic (exact) mass is 128 g/mol. The van der Waals surface area contributed by atoms with Crippen molar-refractivity contribution in [2.45, 2.75) is 0 Å². The van der Waals surface area contributed by atoms with E-state index >= 15 is 0 Å². The van der Waals surface area contributed by atoms with Crippen molar-refractivity contribution in [2.24, 2.45) is 0 Å². The Morgan fingerprint density at radius 1 is 0.900 bits per heavy atom. The predicted octanol–water partition coefficient (Wildman–Crippen LogP) is 0.365. The van der Waals surface area contributed by atoms with Crippen molar-refractivity contribution in [3.8, 4) is 12.1 Å². The third-order valence-corrected chi connectivity index (χ3v) is 0.697. The van der Waals surface area contributed by atoms with Crippen LogP contribution in [0.2, 0.25) is 0 Å². The molecule has 46 valence electrons. The molecule has 0 aromatic carbocycles. The van der Waals surface area contributed by atoms with Crippen LogP contribution in [-0.4, -0.2) is 11.7 Å². The third kappa shape index (κ3) is 1.43. The molecule has 4 nitrogen and oxygen atoms in total. The van der Waals surface area contributed by atoms with Gasteiger partial charge in [-0.2, -0.15) is 10.5 Å². The van der Waals surface area contributed by atoms with Crippen molar-refractivity contribution in [3.05, 3.63) is 22.0 Å². The van der Waals surface area contributed by atoms with Crippen LogP contribution >= 0.6 is 0 Å². The molecule has 0 saturated heterocycles. The molecule has 0 amide bonds. The van der Waals surface area contributed by atoms with Crippen LogP contribution in [0.3, 0.4) is 0 Å². The summed E-state index contributed by atoms with van der Waals surface area (Å²) >= 11 is 0. The van der Waals surface area contributed by atoms with Crippen molar-refractivity contribution < 1.29 is 0 Å². The van der Waals surface area contributed by atoms with E-state index in [0.29, 0.717) is 0 Å². The Hall–Kier alpha value is -2.12. The number of nitriles is 2. The van der Waals surface area contributed by atoms with E-state index in [-0.39, 0.29) is 0 Å². The number of hydrogen-bond acceptors (Lipinski definition) is 2. The molecule has 0 aliphatic carbocycles. The summed E-state index contributed by atoms with van der Waals surface area (Å²) in [5.41, 5.74) is -0.880. The first-order valence-corrected chi connectivity index (χ1v) is 2.14. The highest BCUT2D eigenvalue weighted by molar-refractivity contribution is 5.84. The topological polar surface area (TPSA) is 92.2 Å². The molecule has 0 N–H and O–H groups in total. The maximum atomic E-state index is 8.13. The molecule has 0 unspecified atom stereocenters. The molecule has 0 heterocycles. The fourth-order valence-corrected chi connectivity index (χ4v) is 0.274. The van der Waals surface area contributed by atoms with E-state index in [2.05, 4.69) is 0 Å². The van der Waals surface area contributed by atoms with E-state index in [9.17, 15) is 0 Å². The van der Waals surface area contributed by atoms with Crippen molar-refractivity contribution in [2.75, 3.05) is 0 Å². The fraction of sp³-hybridized carbons (Fsp3) is 0. The zero-order chi connectivity index (χ0) is 7.98. The largest absolute Gasteiger partial charge is 0.762 e. The lowest BCUT2D eigenvalue weighted by Crippen LogP contribution is -1.83.